The Labute approximate surface area is 191 Å². The number of hydrogen-bond donors (Lipinski definition) is 0. The lowest BCUT2D eigenvalue weighted by Gasteiger charge is -2.31. The fraction of sp³-hybridized carbons (Fsp3) is 0.292. The molecule has 2 aromatic carbocycles. The molecule has 2 amide bonds. The molecule has 1 fully saturated rings. The van der Waals surface area contributed by atoms with Gasteiger partial charge in [0, 0.05) is 30.7 Å². The number of rotatable bonds is 7. The number of halogens is 1. The van der Waals surface area contributed by atoms with E-state index in [-0.39, 0.29) is 18.4 Å². The second-order valence-corrected chi connectivity index (χ2v) is 8.06. The molecule has 0 N–H and O–H groups in total. The molecule has 32 heavy (non-hydrogen) atoms. The van der Waals surface area contributed by atoms with Crippen molar-refractivity contribution in [2.45, 2.75) is 6.10 Å². The average molecular weight is 455 g/mol. The lowest BCUT2D eigenvalue weighted by molar-refractivity contribution is -0.144. The highest BCUT2D eigenvalue weighted by Crippen LogP contribution is 2.23. The Balaban J connectivity index is 1.46. The Morgan fingerprint density at radius 2 is 1.62 bits per heavy atom. The molecule has 0 spiro atoms. The van der Waals surface area contributed by atoms with Crippen LogP contribution in [-0.2, 0) is 14.3 Å². The van der Waals surface area contributed by atoms with Crippen LogP contribution in [0.1, 0.15) is 26.3 Å². The van der Waals surface area contributed by atoms with Gasteiger partial charge in [0.15, 0.2) is 0 Å². The van der Waals surface area contributed by atoms with Crippen LogP contribution in [0.5, 0.6) is 0 Å². The predicted molar refractivity (Wildman–Crippen MR) is 119 cm³/mol. The Morgan fingerprint density at radius 3 is 2.25 bits per heavy atom. The molecule has 0 radical (unpaired) electrons. The van der Waals surface area contributed by atoms with E-state index >= 15 is 0 Å². The van der Waals surface area contributed by atoms with Crippen molar-refractivity contribution in [2.75, 3.05) is 39.4 Å². The van der Waals surface area contributed by atoms with Gasteiger partial charge in [-0.3, -0.25) is 19.4 Å². The number of amides is 2. The molecule has 7 nitrogen and oxygen atoms in total. The van der Waals surface area contributed by atoms with Crippen LogP contribution in [0.15, 0.2) is 54.6 Å². The van der Waals surface area contributed by atoms with E-state index < -0.39 is 12.1 Å². The van der Waals surface area contributed by atoms with E-state index in [0.717, 1.165) is 10.5 Å². The quantitative estimate of drug-likeness (QED) is 0.364. The number of fused-ring (bicyclic) bond motifs is 1. The molecule has 8 heteroatoms. The fourth-order valence-corrected chi connectivity index (χ4v) is 3.88. The number of benzene rings is 2. The third kappa shape index (κ3) is 5.24. The maximum atomic E-state index is 12.8. The van der Waals surface area contributed by atoms with Crippen molar-refractivity contribution in [3.8, 4) is 0 Å². The minimum Gasteiger partial charge on any atom is -0.456 e. The summed E-state index contributed by atoms with van der Waals surface area (Å²) >= 11 is 5.88. The van der Waals surface area contributed by atoms with E-state index in [0.29, 0.717) is 49.0 Å². The Bertz CT molecular complexity index is 996. The molecular weight excluding hydrogens is 432 g/mol. The van der Waals surface area contributed by atoms with Gasteiger partial charge in [0.25, 0.3) is 11.8 Å². The Hall–Kier alpha value is -3.00. The molecule has 4 rings (SSSR count). The monoisotopic (exact) mass is 454 g/mol. The molecule has 1 atom stereocenters. The zero-order valence-electron chi connectivity index (χ0n) is 17.4. The van der Waals surface area contributed by atoms with Gasteiger partial charge in [-0.25, -0.2) is 4.79 Å². The van der Waals surface area contributed by atoms with E-state index in [9.17, 15) is 14.4 Å². The minimum absolute atomic E-state index is 0.00969. The highest BCUT2D eigenvalue weighted by molar-refractivity contribution is 6.30. The first kappa shape index (κ1) is 22.2. The van der Waals surface area contributed by atoms with Crippen LogP contribution in [0.3, 0.4) is 0 Å². The van der Waals surface area contributed by atoms with Gasteiger partial charge >= 0.3 is 5.97 Å². The number of morpholine rings is 1. The molecule has 1 unspecified atom stereocenters. The van der Waals surface area contributed by atoms with Gasteiger partial charge in [0.1, 0.15) is 6.10 Å². The van der Waals surface area contributed by atoms with Crippen molar-refractivity contribution < 1.29 is 23.9 Å². The van der Waals surface area contributed by atoms with Gasteiger partial charge in [-0.15, -0.1) is 0 Å². The molecule has 166 valence electrons. The van der Waals surface area contributed by atoms with Gasteiger partial charge < -0.3 is 9.47 Å². The molecular formula is C24H23ClN2O5. The van der Waals surface area contributed by atoms with Gasteiger partial charge in [-0.1, -0.05) is 35.9 Å². The summed E-state index contributed by atoms with van der Waals surface area (Å²) < 4.78 is 11.1. The van der Waals surface area contributed by atoms with Crippen molar-refractivity contribution in [1.82, 2.24) is 9.80 Å². The largest absolute Gasteiger partial charge is 0.456 e. The summed E-state index contributed by atoms with van der Waals surface area (Å²) in [4.78, 5) is 41.3. The van der Waals surface area contributed by atoms with Gasteiger partial charge in [-0.2, -0.15) is 0 Å². The number of imide groups is 1. The third-order valence-electron chi connectivity index (χ3n) is 5.39. The highest BCUT2D eigenvalue weighted by Gasteiger charge is 2.37. The van der Waals surface area contributed by atoms with Crippen LogP contribution < -0.4 is 0 Å². The maximum Gasteiger partial charge on any atom is 0.331 e. The van der Waals surface area contributed by atoms with Crippen molar-refractivity contribution in [3.05, 3.63) is 76.3 Å². The summed E-state index contributed by atoms with van der Waals surface area (Å²) in [6.45, 7) is 2.95. The van der Waals surface area contributed by atoms with Crippen LogP contribution in [-0.4, -0.2) is 73.1 Å². The molecule has 0 aliphatic carbocycles. The standard InChI is InChI=1S/C24H23ClN2O5/c25-18-8-5-17(6-9-18)7-10-22(28)32-19(15-26-11-13-31-14-12-26)16-27-23(29)20-3-1-2-4-21(20)24(27)30/h1-10,19H,11-16H2. The summed E-state index contributed by atoms with van der Waals surface area (Å²) in [5.41, 5.74) is 1.55. The second-order valence-electron chi connectivity index (χ2n) is 7.62. The van der Waals surface area contributed by atoms with Crippen molar-refractivity contribution in [2.24, 2.45) is 0 Å². The van der Waals surface area contributed by atoms with Gasteiger partial charge in [0.2, 0.25) is 0 Å². The SMILES string of the molecule is O=C(C=Cc1ccc(Cl)cc1)OC(CN1CCOCC1)CN1C(=O)c2ccccc2C1=O. The minimum atomic E-state index is -0.669. The van der Waals surface area contributed by atoms with Crippen LogP contribution in [0.2, 0.25) is 5.02 Å². The zero-order valence-corrected chi connectivity index (χ0v) is 18.2. The number of ether oxygens (including phenoxy) is 2. The summed E-state index contributed by atoms with van der Waals surface area (Å²) in [5, 5.41) is 0.608. The number of carbonyl (C=O) groups is 3. The third-order valence-corrected chi connectivity index (χ3v) is 5.65. The normalized spacial score (nSPS) is 17.6. The second kappa shape index (κ2) is 10.1. The first-order chi connectivity index (χ1) is 15.5. The Kier molecular flexibility index (Phi) is 6.99. The van der Waals surface area contributed by atoms with Crippen LogP contribution in [0.4, 0.5) is 0 Å². The lowest BCUT2D eigenvalue weighted by Crippen LogP contribution is -2.47. The summed E-state index contributed by atoms with van der Waals surface area (Å²) in [5.74, 6) is -1.29. The number of esters is 1. The molecule has 2 aromatic rings. The van der Waals surface area contributed by atoms with Gasteiger partial charge in [0.05, 0.1) is 30.9 Å². The molecule has 0 saturated carbocycles. The smallest absolute Gasteiger partial charge is 0.331 e. The number of carbonyl (C=O) groups excluding carboxylic acids is 3. The van der Waals surface area contributed by atoms with E-state index in [1.807, 2.05) is 0 Å². The summed E-state index contributed by atoms with van der Waals surface area (Å²) in [6, 6.07) is 13.7. The Morgan fingerprint density at radius 1 is 1.00 bits per heavy atom. The zero-order chi connectivity index (χ0) is 22.5. The van der Waals surface area contributed by atoms with E-state index in [4.69, 9.17) is 21.1 Å². The first-order valence-corrected chi connectivity index (χ1v) is 10.8. The fourth-order valence-electron chi connectivity index (χ4n) is 3.75. The lowest BCUT2D eigenvalue weighted by atomic mass is 10.1. The molecule has 0 aromatic heterocycles. The van der Waals surface area contributed by atoms with Crippen LogP contribution in [0, 0.1) is 0 Å². The van der Waals surface area contributed by atoms with E-state index in [1.54, 1.807) is 54.6 Å². The molecule has 0 bridgehead atoms. The maximum absolute atomic E-state index is 12.8. The molecule has 2 aliphatic heterocycles. The number of nitrogens with zero attached hydrogens (tertiary/aromatic N) is 2. The highest BCUT2D eigenvalue weighted by atomic mass is 35.5. The average Bonchev–Trinajstić information content (AvgIpc) is 3.04. The first-order valence-electron chi connectivity index (χ1n) is 10.4. The van der Waals surface area contributed by atoms with Crippen molar-refractivity contribution in [3.63, 3.8) is 0 Å². The van der Waals surface area contributed by atoms with Crippen LogP contribution >= 0.6 is 11.6 Å². The van der Waals surface area contributed by atoms with E-state index in [1.165, 1.54) is 6.08 Å². The topological polar surface area (TPSA) is 76.2 Å². The molecule has 1 saturated heterocycles. The number of hydrogen-bond acceptors (Lipinski definition) is 6. The summed E-state index contributed by atoms with van der Waals surface area (Å²) in [6.07, 6.45) is 2.29. The summed E-state index contributed by atoms with van der Waals surface area (Å²) in [7, 11) is 0. The van der Waals surface area contributed by atoms with Crippen LogP contribution in [0.25, 0.3) is 6.08 Å². The van der Waals surface area contributed by atoms with E-state index in [2.05, 4.69) is 4.90 Å². The predicted octanol–water partition coefficient (Wildman–Crippen LogP) is 2.89. The van der Waals surface area contributed by atoms with Crippen molar-refractivity contribution in [1.29, 1.82) is 0 Å². The molecule has 2 aliphatic rings. The van der Waals surface area contributed by atoms with Crippen molar-refractivity contribution >= 4 is 35.5 Å². The van der Waals surface area contributed by atoms with Gasteiger partial charge in [-0.05, 0) is 35.9 Å². The molecule has 2 heterocycles.